The van der Waals surface area contributed by atoms with Crippen LogP contribution in [0.15, 0.2) is 18.2 Å². The average Bonchev–Trinajstić information content (AvgIpc) is 3.12. The zero-order valence-corrected chi connectivity index (χ0v) is 18.4. The molecular weight excluding hydrogens is 402 g/mol. The van der Waals surface area contributed by atoms with E-state index in [-0.39, 0.29) is 5.91 Å². The van der Waals surface area contributed by atoms with Crippen molar-refractivity contribution in [1.82, 2.24) is 24.6 Å². The summed E-state index contributed by atoms with van der Waals surface area (Å²) in [6.07, 6.45) is 7.96. The number of carbonyl (C=O) groups excluding carboxylic acids is 1. The van der Waals surface area contributed by atoms with Crippen LogP contribution in [0.5, 0.6) is 0 Å². The molecule has 1 aliphatic carbocycles. The molecule has 1 N–H and O–H groups in total. The lowest BCUT2D eigenvalue weighted by atomic mass is 9.89. The number of amides is 1. The molecule has 0 saturated heterocycles. The smallest absolute Gasteiger partial charge is 0.273 e. The van der Waals surface area contributed by atoms with E-state index in [0.29, 0.717) is 43.4 Å². The van der Waals surface area contributed by atoms with Crippen molar-refractivity contribution in [3.8, 4) is 5.69 Å². The molecule has 0 atom stereocenters. The molecule has 162 valence electrons. The molecule has 1 fully saturated rings. The number of nitrogens with zero attached hydrogens (tertiary/aromatic N) is 4. The Labute approximate surface area is 177 Å². The molecule has 2 aliphatic rings. The summed E-state index contributed by atoms with van der Waals surface area (Å²) in [5, 5.41) is 11.4. The zero-order valence-electron chi connectivity index (χ0n) is 17.6. The predicted octanol–water partition coefficient (Wildman–Crippen LogP) is 2.20. The van der Waals surface area contributed by atoms with Gasteiger partial charge in [0.2, 0.25) is 10.0 Å². The summed E-state index contributed by atoms with van der Waals surface area (Å²) in [7, 11) is -3.23. The summed E-state index contributed by atoms with van der Waals surface area (Å²) in [6, 6.07) is 5.78. The molecule has 9 heteroatoms. The number of hydrogen-bond acceptors (Lipinski definition) is 5. The number of rotatable bonds is 5. The van der Waals surface area contributed by atoms with Crippen molar-refractivity contribution >= 4 is 15.9 Å². The van der Waals surface area contributed by atoms with Crippen molar-refractivity contribution in [2.75, 3.05) is 19.3 Å². The SMILES string of the molecule is Cc1c(C(=O)NCC2CCCCC2)nnn1-c1cccc2c1CCN(S(C)(=O)=O)C2. The summed E-state index contributed by atoms with van der Waals surface area (Å²) in [6.45, 7) is 3.32. The van der Waals surface area contributed by atoms with Crippen molar-refractivity contribution in [3.05, 3.63) is 40.7 Å². The Balaban J connectivity index is 1.53. The number of fused-ring (bicyclic) bond motifs is 1. The van der Waals surface area contributed by atoms with Crippen LogP contribution >= 0.6 is 0 Å². The van der Waals surface area contributed by atoms with Gasteiger partial charge in [-0.1, -0.05) is 36.6 Å². The van der Waals surface area contributed by atoms with Gasteiger partial charge in [-0.25, -0.2) is 13.1 Å². The first kappa shape index (κ1) is 21.0. The fourth-order valence-corrected chi connectivity index (χ4v) is 5.32. The van der Waals surface area contributed by atoms with Crippen molar-refractivity contribution in [2.45, 2.75) is 52.0 Å². The number of nitrogens with one attached hydrogen (secondary N) is 1. The molecular formula is C21H29N5O3S. The number of sulfonamides is 1. The van der Waals surface area contributed by atoms with Gasteiger partial charge in [0.05, 0.1) is 17.6 Å². The van der Waals surface area contributed by atoms with E-state index in [4.69, 9.17) is 0 Å². The van der Waals surface area contributed by atoms with Crippen LogP contribution in [0.2, 0.25) is 0 Å². The lowest BCUT2D eigenvalue weighted by molar-refractivity contribution is 0.0938. The second-order valence-electron chi connectivity index (χ2n) is 8.41. The Kier molecular flexibility index (Phi) is 5.92. The van der Waals surface area contributed by atoms with Gasteiger partial charge in [0.1, 0.15) is 0 Å². The molecule has 1 saturated carbocycles. The maximum absolute atomic E-state index is 12.7. The summed E-state index contributed by atoms with van der Waals surface area (Å²) < 4.78 is 27.0. The topological polar surface area (TPSA) is 97.2 Å². The van der Waals surface area contributed by atoms with Crippen molar-refractivity contribution < 1.29 is 13.2 Å². The average molecular weight is 432 g/mol. The molecule has 0 radical (unpaired) electrons. The van der Waals surface area contributed by atoms with E-state index in [9.17, 15) is 13.2 Å². The number of carbonyl (C=O) groups is 1. The van der Waals surface area contributed by atoms with Crippen molar-refractivity contribution in [1.29, 1.82) is 0 Å². The predicted molar refractivity (Wildman–Crippen MR) is 114 cm³/mol. The highest BCUT2D eigenvalue weighted by Gasteiger charge is 2.26. The highest BCUT2D eigenvalue weighted by atomic mass is 32.2. The van der Waals surface area contributed by atoms with E-state index in [1.807, 2.05) is 25.1 Å². The fraction of sp³-hybridized carbons (Fsp3) is 0.571. The Morgan fingerprint density at radius 1 is 1.23 bits per heavy atom. The molecule has 4 rings (SSSR count). The van der Waals surface area contributed by atoms with E-state index in [1.165, 1.54) is 42.7 Å². The van der Waals surface area contributed by atoms with Crippen molar-refractivity contribution in [2.24, 2.45) is 5.92 Å². The largest absolute Gasteiger partial charge is 0.350 e. The lowest BCUT2D eigenvalue weighted by Gasteiger charge is -2.28. The molecule has 2 heterocycles. The van der Waals surface area contributed by atoms with Crippen LogP contribution in [0, 0.1) is 12.8 Å². The first-order chi connectivity index (χ1) is 14.3. The standard InChI is InChI=1S/C21H29N5O3S/c1-15-20(21(27)22-13-16-7-4-3-5-8-16)23-24-26(15)19-10-6-9-17-14-25(30(2,28)29)12-11-18(17)19/h6,9-10,16H,3-5,7-8,11-14H2,1-2H3,(H,22,27). The van der Waals surface area contributed by atoms with Gasteiger partial charge in [0.15, 0.2) is 5.69 Å². The maximum atomic E-state index is 12.7. The van der Waals surface area contributed by atoms with Gasteiger partial charge >= 0.3 is 0 Å². The van der Waals surface area contributed by atoms with Crippen LogP contribution < -0.4 is 5.32 Å². The number of aromatic nitrogens is 3. The van der Waals surface area contributed by atoms with Gasteiger partial charge < -0.3 is 5.32 Å². The second-order valence-corrected chi connectivity index (χ2v) is 10.4. The van der Waals surface area contributed by atoms with E-state index in [1.54, 1.807) is 4.68 Å². The molecule has 0 bridgehead atoms. The second kappa shape index (κ2) is 8.47. The zero-order chi connectivity index (χ0) is 21.3. The van der Waals surface area contributed by atoms with E-state index < -0.39 is 10.0 Å². The molecule has 0 spiro atoms. The molecule has 2 aromatic rings. The molecule has 30 heavy (non-hydrogen) atoms. The first-order valence-electron chi connectivity index (χ1n) is 10.6. The van der Waals surface area contributed by atoms with Crippen LogP contribution in [0.3, 0.4) is 0 Å². The van der Waals surface area contributed by atoms with Gasteiger partial charge in [-0.15, -0.1) is 5.10 Å². The highest BCUT2D eigenvalue weighted by molar-refractivity contribution is 7.88. The number of benzene rings is 1. The monoisotopic (exact) mass is 431 g/mol. The third-order valence-corrected chi connectivity index (χ3v) is 7.54. The lowest BCUT2D eigenvalue weighted by Crippen LogP contribution is -2.35. The fourth-order valence-electron chi connectivity index (χ4n) is 4.52. The van der Waals surface area contributed by atoms with Crippen LogP contribution in [-0.2, 0) is 23.0 Å². The summed E-state index contributed by atoms with van der Waals surface area (Å²) in [5.74, 6) is 0.370. The normalized spacial score (nSPS) is 18.2. The first-order valence-corrected chi connectivity index (χ1v) is 12.5. The van der Waals surface area contributed by atoms with Crippen LogP contribution in [-0.4, -0.2) is 53.0 Å². The molecule has 8 nitrogen and oxygen atoms in total. The van der Waals surface area contributed by atoms with Crippen LogP contribution in [0.25, 0.3) is 5.69 Å². The molecule has 0 unspecified atom stereocenters. The third kappa shape index (κ3) is 4.27. The molecule has 1 aromatic carbocycles. The summed E-state index contributed by atoms with van der Waals surface area (Å²) in [4.78, 5) is 12.7. The van der Waals surface area contributed by atoms with Gasteiger partial charge in [-0.05, 0) is 49.3 Å². The van der Waals surface area contributed by atoms with Crippen LogP contribution in [0.1, 0.15) is 59.4 Å². The van der Waals surface area contributed by atoms with Gasteiger partial charge in [-0.2, -0.15) is 4.31 Å². The maximum Gasteiger partial charge on any atom is 0.273 e. The minimum Gasteiger partial charge on any atom is -0.350 e. The van der Waals surface area contributed by atoms with E-state index in [0.717, 1.165) is 16.8 Å². The van der Waals surface area contributed by atoms with Crippen molar-refractivity contribution in [3.63, 3.8) is 0 Å². The van der Waals surface area contributed by atoms with Gasteiger partial charge in [0.25, 0.3) is 5.91 Å². The van der Waals surface area contributed by atoms with Crippen LogP contribution in [0.4, 0.5) is 0 Å². The minimum atomic E-state index is -3.23. The Bertz CT molecular complexity index is 1040. The Morgan fingerprint density at radius 3 is 2.73 bits per heavy atom. The van der Waals surface area contributed by atoms with Gasteiger partial charge in [0, 0.05) is 19.6 Å². The van der Waals surface area contributed by atoms with Gasteiger partial charge in [-0.3, -0.25) is 4.79 Å². The van der Waals surface area contributed by atoms with E-state index in [2.05, 4.69) is 15.6 Å². The molecule has 1 aliphatic heterocycles. The quantitative estimate of drug-likeness (QED) is 0.783. The highest BCUT2D eigenvalue weighted by Crippen LogP contribution is 2.27. The Hall–Kier alpha value is -2.26. The molecule has 1 aromatic heterocycles. The number of hydrogen-bond donors (Lipinski definition) is 1. The van der Waals surface area contributed by atoms with E-state index >= 15 is 0 Å². The Morgan fingerprint density at radius 2 is 2.00 bits per heavy atom. The minimum absolute atomic E-state index is 0.183. The summed E-state index contributed by atoms with van der Waals surface area (Å²) in [5.41, 5.74) is 3.91. The molecule has 1 amide bonds. The summed E-state index contributed by atoms with van der Waals surface area (Å²) >= 11 is 0. The third-order valence-electron chi connectivity index (χ3n) is 6.29.